The molecule has 0 unspecified atom stereocenters. The van der Waals surface area contributed by atoms with E-state index in [4.69, 9.17) is 4.52 Å². The van der Waals surface area contributed by atoms with Crippen LogP contribution >= 0.6 is 0 Å². The van der Waals surface area contributed by atoms with E-state index in [2.05, 4.69) is 15.4 Å². The van der Waals surface area contributed by atoms with E-state index in [-0.39, 0.29) is 12.0 Å². The zero-order chi connectivity index (χ0) is 15.6. The quantitative estimate of drug-likeness (QED) is 0.946. The van der Waals surface area contributed by atoms with Crippen molar-refractivity contribution < 1.29 is 17.7 Å². The van der Waals surface area contributed by atoms with Crippen molar-refractivity contribution in [3.63, 3.8) is 0 Å². The van der Waals surface area contributed by atoms with E-state index in [1.807, 2.05) is 0 Å². The lowest BCUT2D eigenvalue weighted by molar-refractivity contribution is -0.138. The first-order chi connectivity index (χ1) is 10.6. The Morgan fingerprint density at radius 2 is 1.91 bits per heavy atom. The Hall–Kier alpha value is -2.02. The normalized spacial score (nSPS) is 16.0. The molecular weight excluding hydrogens is 295 g/mol. The van der Waals surface area contributed by atoms with Gasteiger partial charge in [-0.05, 0) is 11.6 Å². The fourth-order valence-corrected chi connectivity index (χ4v) is 2.67. The molecule has 1 aromatic carbocycles. The van der Waals surface area contributed by atoms with Crippen molar-refractivity contribution in [2.75, 3.05) is 31.1 Å². The van der Waals surface area contributed by atoms with Crippen LogP contribution in [0.3, 0.4) is 0 Å². The number of nitrogens with zero attached hydrogens (tertiary/aromatic N) is 2. The second-order valence-electron chi connectivity index (χ2n) is 5.20. The molecule has 4 nitrogen and oxygen atoms in total. The molecule has 0 saturated carbocycles. The van der Waals surface area contributed by atoms with Gasteiger partial charge in [-0.15, -0.1) is 0 Å². The van der Waals surface area contributed by atoms with Crippen LogP contribution in [0.4, 0.5) is 18.9 Å². The molecule has 3 rings (SSSR count). The number of alkyl halides is 3. The molecule has 22 heavy (non-hydrogen) atoms. The smallest absolute Gasteiger partial charge is 0.365 e. The largest absolute Gasteiger partial charge is 0.416 e. The molecule has 118 valence electrons. The first-order valence-electron chi connectivity index (χ1n) is 7.10. The molecule has 7 heteroatoms. The maximum atomic E-state index is 13.1. The van der Waals surface area contributed by atoms with Crippen LogP contribution in [0.1, 0.15) is 16.9 Å². The van der Waals surface area contributed by atoms with Gasteiger partial charge < -0.3 is 14.7 Å². The van der Waals surface area contributed by atoms with E-state index in [9.17, 15) is 13.2 Å². The van der Waals surface area contributed by atoms with Crippen LogP contribution < -0.4 is 10.2 Å². The summed E-state index contributed by atoms with van der Waals surface area (Å²) < 4.78 is 44.4. The average Bonchev–Trinajstić information content (AvgIpc) is 2.96. The number of rotatable bonds is 3. The number of aromatic nitrogens is 1. The summed E-state index contributed by atoms with van der Waals surface area (Å²) in [7, 11) is 0. The van der Waals surface area contributed by atoms with Gasteiger partial charge in [0.15, 0.2) is 5.76 Å². The Bertz CT molecular complexity index is 633. The number of hydrogen-bond acceptors (Lipinski definition) is 4. The first kappa shape index (κ1) is 14.9. The number of anilines is 1. The number of benzene rings is 1. The highest BCUT2D eigenvalue weighted by molar-refractivity contribution is 5.50. The molecule has 1 N–H and O–H groups in total. The fraction of sp³-hybridized carbons (Fsp3) is 0.400. The molecular formula is C15H16F3N3O. The fourth-order valence-electron chi connectivity index (χ4n) is 2.67. The maximum absolute atomic E-state index is 13.1. The molecule has 2 aromatic rings. The van der Waals surface area contributed by atoms with Crippen molar-refractivity contribution in [1.82, 2.24) is 10.5 Å². The minimum absolute atomic E-state index is 0.0783. The summed E-state index contributed by atoms with van der Waals surface area (Å²) >= 11 is 0. The monoisotopic (exact) mass is 311 g/mol. The molecule has 2 heterocycles. The Balaban J connectivity index is 1.87. The molecule has 1 saturated heterocycles. The molecule has 1 aromatic heterocycles. The molecule has 1 aliphatic heterocycles. The third-order valence-corrected chi connectivity index (χ3v) is 3.76. The second-order valence-corrected chi connectivity index (χ2v) is 5.20. The van der Waals surface area contributed by atoms with Gasteiger partial charge in [-0.3, -0.25) is 0 Å². The summed E-state index contributed by atoms with van der Waals surface area (Å²) in [5.74, 6) is 0.471. The SMILES string of the molecule is FC(F)(F)c1ccccc1Cc1oncc1N1CCNCC1. The molecule has 0 spiro atoms. The number of piperazine rings is 1. The van der Waals surface area contributed by atoms with Crippen molar-refractivity contribution in [2.24, 2.45) is 0 Å². The minimum Gasteiger partial charge on any atom is -0.365 e. The van der Waals surface area contributed by atoms with Crippen LogP contribution in [0.15, 0.2) is 35.0 Å². The van der Waals surface area contributed by atoms with Gasteiger partial charge in [0.05, 0.1) is 11.8 Å². The van der Waals surface area contributed by atoms with Gasteiger partial charge in [0.2, 0.25) is 0 Å². The average molecular weight is 311 g/mol. The predicted octanol–water partition coefficient (Wildman–Crippen LogP) is 2.69. The van der Waals surface area contributed by atoms with E-state index in [1.54, 1.807) is 12.3 Å². The Labute approximate surface area is 125 Å². The highest BCUT2D eigenvalue weighted by Gasteiger charge is 2.33. The first-order valence-corrected chi connectivity index (χ1v) is 7.10. The van der Waals surface area contributed by atoms with E-state index in [1.165, 1.54) is 12.1 Å². The molecule has 0 amide bonds. The van der Waals surface area contributed by atoms with Gasteiger partial charge >= 0.3 is 6.18 Å². The summed E-state index contributed by atoms with van der Waals surface area (Å²) in [4.78, 5) is 2.08. The summed E-state index contributed by atoms with van der Waals surface area (Å²) in [5.41, 5.74) is 0.347. The molecule has 1 aliphatic rings. The zero-order valence-electron chi connectivity index (χ0n) is 11.9. The molecule has 0 radical (unpaired) electrons. The van der Waals surface area contributed by atoms with Gasteiger partial charge in [0.1, 0.15) is 5.69 Å². The van der Waals surface area contributed by atoms with Gasteiger partial charge in [0, 0.05) is 32.6 Å². The Morgan fingerprint density at radius 3 is 2.64 bits per heavy atom. The van der Waals surface area contributed by atoms with E-state index in [0.29, 0.717) is 5.76 Å². The summed E-state index contributed by atoms with van der Waals surface area (Å²) in [6.45, 7) is 3.25. The van der Waals surface area contributed by atoms with E-state index >= 15 is 0 Å². The third kappa shape index (κ3) is 3.09. The number of halogens is 3. The van der Waals surface area contributed by atoms with Gasteiger partial charge in [-0.25, -0.2) is 0 Å². The van der Waals surface area contributed by atoms with Gasteiger partial charge in [-0.2, -0.15) is 13.2 Å². The van der Waals surface area contributed by atoms with Crippen molar-refractivity contribution in [3.05, 3.63) is 47.3 Å². The lowest BCUT2D eigenvalue weighted by atomic mass is 10.0. The molecule has 0 aliphatic carbocycles. The number of hydrogen-bond donors (Lipinski definition) is 1. The Morgan fingerprint density at radius 1 is 1.18 bits per heavy atom. The molecule has 0 atom stereocenters. The molecule has 1 fully saturated rings. The topological polar surface area (TPSA) is 41.3 Å². The maximum Gasteiger partial charge on any atom is 0.416 e. The van der Waals surface area contributed by atoms with Crippen LogP contribution in [0.25, 0.3) is 0 Å². The lowest BCUT2D eigenvalue weighted by Gasteiger charge is -2.28. The predicted molar refractivity (Wildman–Crippen MR) is 75.8 cm³/mol. The van der Waals surface area contributed by atoms with Crippen LogP contribution in [0.2, 0.25) is 0 Å². The van der Waals surface area contributed by atoms with Gasteiger partial charge in [0.25, 0.3) is 0 Å². The third-order valence-electron chi connectivity index (χ3n) is 3.76. The van der Waals surface area contributed by atoms with Gasteiger partial charge in [-0.1, -0.05) is 23.4 Å². The summed E-state index contributed by atoms with van der Waals surface area (Å²) in [5, 5.41) is 7.00. The van der Waals surface area contributed by atoms with E-state index in [0.717, 1.165) is 37.9 Å². The Kier molecular flexibility index (Phi) is 4.06. The van der Waals surface area contributed by atoms with Crippen LogP contribution in [0, 0.1) is 0 Å². The van der Waals surface area contributed by atoms with Crippen molar-refractivity contribution in [3.8, 4) is 0 Å². The molecule has 0 bridgehead atoms. The van der Waals surface area contributed by atoms with Crippen molar-refractivity contribution in [1.29, 1.82) is 0 Å². The van der Waals surface area contributed by atoms with Crippen LogP contribution in [0.5, 0.6) is 0 Å². The van der Waals surface area contributed by atoms with Crippen LogP contribution in [-0.4, -0.2) is 31.3 Å². The number of nitrogens with one attached hydrogen (secondary N) is 1. The van der Waals surface area contributed by atoms with E-state index < -0.39 is 11.7 Å². The van der Waals surface area contributed by atoms with Crippen molar-refractivity contribution in [2.45, 2.75) is 12.6 Å². The summed E-state index contributed by atoms with van der Waals surface area (Å²) in [6, 6.07) is 5.57. The minimum atomic E-state index is -4.37. The lowest BCUT2D eigenvalue weighted by Crippen LogP contribution is -2.43. The standard InChI is InChI=1S/C15H16F3N3O/c16-15(17,18)12-4-2-1-3-11(12)9-14-13(10-20-22-14)21-7-5-19-6-8-21/h1-4,10,19H,5-9H2. The van der Waals surface area contributed by atoms with Crippen LogP contribution in [-0.2, 0) is 12.6 Å². The second kappa shape index (κ2) is 6.00. The van der Waals surface area contributed by atoms with Crippen molar-refractivity contribution >= 4 is 5.69 Å². The zero-order valence-corrected chi connectivity index (χ0v) is 11.9. The highest BCUT2D eigenvalue weighted by Crippen LogP contribution is 2.34. The highest BCUT2D eigenvalue weighted by atomic mass is 19.4. The summed E-state index contributed by atoms with van der Waals surface area (Å²) in [6.07, 6.45) is -2.71.